The van der Waals surface area contributed by atoms with Crippen LogP contribution in [0.5, 0.6) is 28.7 Å². The first-order chi connectivity index (χ1) is 16.7. The number of methoxy groups -OCH3 is 2. The average molecular weight is 492 g/mol. The molecule has 0 aromatic heterocycles. The van der Waals surface area contributed by atoms with Crippen molar-refractivity contribution < 1.29 is 58.7 Å². The number of ether oxygens (including phenoxy) is 6. The van der Waals surface area contributed by atoms with Gasteiger partial charge in [-0.2, -0.15) is 0 Å². The average Bonchev–Trinajstić information content (AvgIpc) is 3.23. The normalized spacial score (nSPS) is 32.9. The van der Waals surface area contributed by atoms with Crippen molar-refractivity contribution in [3.63, 3.8) is 0 Å². The SMILES string of the molecule is COc1ccc2c(c1OC)O[C@@H]1c3ccc(O[C@H]4O[C@H](C(=O)O)[C@@H](O)[C@H](O)[C@H]4O)cc3O[C@H](O)[C@@H]21. The van der Waals surface area contributed by atoms with Crippen molar-refractivity contribution in [3.8, 4) is 28.7 Å². The van der Waals surface area contributed by atoms with E-state index in [1.54, 1.807) is 18.2 Å². The third-order valence-electron chi connectivity index (χ3n) is 6.37. The van der Waals surface area contributed by atoms with Gasteiger partial charge in [-0.15, -0.1) is 0 Å². The molecule has 5 rings (SSSR count). The van der Waals surface area contributed by atoms with E-state index in [-0.39, 0.29) is 11.5 Å². The third kappa shape index (κ3) is 3.70. The predicted octanol–water partition coefficient (Wildman–Crippen LogP) is -0.0971. The number of carboxylic acid groups (broad SMARTS) is 1. The maximum absolute atomic E-state index is 11.3. The minimum Gasteiger partial charge on any atom is -0.493 e. The number of carboxylic acids is 1. The topological polar surface area (TPSA) is 174 Å². The molecule has 1 fully saturated rings. The Kier molecular flexibility index (Phi) is 5.85. The Morgan fingerprint density at radius 2 is 1.66 bits per heavy atom. The molecule has 3 aliphatic heterocycles. The summed E-state index contributed by atoms with van der Waals surface area (Å²) in [7, 11) is 2.99. The van der Waals surface area contributed by atoms with Gasteiger partial charge in [0.15, 0.2) is 17.6 Å². The van der Waals surface area contributed by atoms with Gasteiger partial charge in [-0.05, 0) is 18.2 Å². The molecule has 188 valence electrons. The number of aliphatic hydroxyl groups is 4. The van der Waals surface area contributed by atoms with Crippen LogP contribution in [0.3, 0.4) is 0 Å². The first-order valence-electron chi connectivity index (χ1n) is 10.7. The van der Waals surface area contributed by atoms with Gasteiger partial charge in [0, 0.05) is 17.2 Å². The van der Waals surface area contributed by atoms with E-state index in [1.807, 2.05) is 0 Å². The molecule has 3 heterocycles. The number of hydrogen-bond acceptors (Lipinski definition) is 11. The summed E-state index contributed by atoms with van der Waals surface area (Å²) in [6.45, 7) is 0. The second-order valence-corrected chi connectivity index (χ2v) is 8.34. The van der Waals surface area contributed by atoms with Crippen molar-refractivity contribution in [1.29, 1.82) is 0 Å². The molecule has 2 aromatic rings. The number of aliphatic hydroxyl groups excluding tert-OH is 4. The molecule has 0 amide bonds. The lowest BCUT2D eigenvalue weighted by molar-refractivity contribution is -0.271. The van der Waals surface area contributed by atoms with Crippen molar-refractivity contribution in [3.05, 3.63) is 41.5 Å². The van der Waals surface area contributed by atoms with Crippen LogP contribution in [0.25, 0.3) is 0 Å². The van der Waals surface area contributed by atoms with E-state index in [2.05, 4.69) is 0 Å². The molecule has 0 bridgehead atoms. The fraction of sp³-hybridized carbons (Fsp3) is 0.435. The molecule has 0 spiro atoms. The van der Waals surface area contributed by atoms with Crippen LogP contribution in [0, 0.1) is 0 Å². The quantitative estimate of drug-likeness (QED) is 0.376. The van der Waals surface area contributed by atoms with Gasteiger partial charge >= 0.3 is 5.97 Å². The Bertz CT molecular complexity index is 1140. The minimum atomic E-state index is -1.84. The van der Waals surface area contributed by atoms with Crippen LogP contribution < -0.4 is 23.7 Å². The summed E-state index contributed by atoms with van der Waals surface area (Å²) in [4.78, 5) is 11.3. The molecule has 12 heteroatoms. The van der Waals surface area contributed by atoms with Crippen molar-refractivity contribution in [2.75, 3.05) is 14.2 Å². The van der Waals surface area contributed by atoms with Gasteiger partial charge in [-0.3, -0.25) is 0 Å². The standard InChI is InChI=1S/C23H24O12/c1-30-11-6-5-10-13-17(34-18(10)19(11)31-2)9-4-3-8(7-12(9)33-22(13)29)32-23-16(26)14(24)15(25)20(35-23)21(27)28/h3-7,13-17,20,22-26,29H,1-2H3,(H,27,28)/t13-,14-,15-,16+,17+,20-,22-,23-/m0/s1. The molecule has 2 aromatic carbocycles. The van der Waals surface area contributed by atoms with Crippen molar-refractivity contribution in [1.82, 2.24) is 0 Å². The van der Waals surface area contributed by atoms with E-state index < -0.39 is 55.0 Å². The molecule has 3 aliphatic rings. The first-order valence-corrected chi connectivity index (χ1v) is 10.7. The van der Waals surface area contributed by atoms with Gasteiger partial charge in [0.25, 0.3) is 0 Å². The minimum absolute atomic E-state index is 0.0981. The molecule has 0 saturated carbocycles. The van der Waals surface area contributed by atoms with Crippen molar-refractivity contribution in [2.45, 2.75) is 49.0 Å². The van der Waals surface area contributed by atoms with Gasteiger partial charge in [0.2, 0.25) is 18.3 Å². The molecular weight excluding hydrogens is 468 g/mol. The third-order valence-corrected chi connectivity index (χ3v) is 6.37. The smallest absolute Gasteiger partial charge is 0.335 e. The Morgan fingerprint density at radius 1 is 0.914 bits per heavy atom. The van der Waals surface area contributed by atoms with Gasteiger partial charge in [-0.1, -0.05) is 6.07 Å². The maximum Gasteiger partial charge on any atom is 0.335 e. The van der Waals surface area contributed by atoms with Crippen molar-refractivity contribution >= 4 is 5.97 Å². The van der Waals surface area contributed by atoms with Crippen molar-refractivity contribution in [2.24, 2.45) is 0 Å². The lowest BCUT2D eigenvalue weighted by Gasteiger charge is -2.38. The van der Waals surface area contributed by atoms with E-state index in [0.29, 0.717) is 28.4 Å². The Labute approximate surface area is 198 Å². The number of rotatable bonds is 5. The summed E-state index contributed by atoms with van der Waals surface area (Å²) in [6.07, 6.45) is -10.6. The van der Waals surface area contributed by atoms with Crippen LogP contribution in [0.2, 0.25) is 0 Å². The summed E-state index contributed by atoms with van der Waals surface area (Å²) in [5.41, 5.74) is 1.30. The second-order valence-electron chi connectivity index (χ2n) is 8.34. The number of hydrogen-bond donors (Lipinski definition) is 5. The molecule has 0 unspecified atom stereocenters. The number of carbonyl (C=O) groups is 1. The zero-order valence-electron chi connectivity index (χ0n) is 18.6. The Balaban J connectivity index is 1.42. The maximum atomic E-state index is 11.3. The summed E-state index contributed by atoms with van der Waals surface area (Å²) in [6, 6.07) is 8.07. The Hall–Kier alpha value is -3.29. The summed E-state index contributed by atoms with van der Waals surface area (Å²) in [5.74, 6) is -0.432. The molecule has 35 heavy (non-hydrogen) atoms. The van der Waals surface area contributed by atoms with Crippen LogP contribution in [0.15, 0.2) is 30.3 Å². The molecule has 8 atom stereocenters. The van der Waals surface area contributed by atoms with E-state index in [0.717, 1.165) is 0 Å². The van der Waals surface area contributed by atoms with Gasteiger partial charge in [0.05, 0.1) is 20.1 Å². The highest BCUT2D eigenvalue weighted by molar-refractivity contribution is 5.73. The highest BCUT2D eigenvalue weighted by Gasteiger charge is 2.49. The molecular formula is C23H24O12. The Morgan fingerprint density at radius 3 is 2.34 bits per heavy atom. The summed E-state index contributed by atoms with van der Waals surface area (Å²) >= 11 is 0. The van der Waals surface area contributed by atoms with E-state index in [1.165, 1.54) is 26.4 Å². The summed E-state index contributed by atoms with van der Waals surface area (Å²) < 4.78 is 33.4. The second kappa shape index (κ2) is 8.73. The van der Waals surface area contributed by atoms with Crippen LogP contribution in [0.1, 0.15) is 23.1 Å². The van der Waals surface area contributed by atoms with Crippen LogP contribution in [-0.4, -0.2) is 82.7 Å². The zero-order valence-corrected chi connectivity index (χ0v) is 18.6. The molecule has 0 aliphatic carbocycles. The lowest BCUT2D eigenvalue weighted by Crippen LogP contribution is -2.61. The van der Waals surface area contributed by atoms with E-state index >= 15 is 0 Å². The van der Waals surface area contributed by atoms with E-state index in [9.17, 15) is 30.3 Å². The zero-order chi connectivity index (χ0) is 25.0. The monoisotopic (exact) mass is 492 g/mol. The fourth-order valence-electron chi connectivity index (χ4n) is 4.63. The highest BCUT2D eigenvalue weighted by Crippen LogP contribution is 2.57. The molecule has 12 nitrogen and oxygen atoms in total. The summed E-state index contributed by atoms with van der Waals surface area (Å²) in [5, 5.41) is 50.0. The lowest BCUT2D eigenvalue weighted by atomic mass is 9.88. The highest BCUT2D eigenvalue weighted by atomic mass is 16.7. The fourth-order valence-corrected chi connectivity index (χ4v) is 4.63. The van der Waals surface area contributed by atoms with Crippen LogP contribution >= 0.6 is 0 Å². The van der Waals surface area contributed by atoms with E-state index in [4.69, 9.17) is 28.4 Å². The number of fused-ring (bicyclic) bond motifs is 5. The van der Waals surface area contributed by atoms with Gasteiger partial charge in [0.1, 0.15) is 35.9 Å². The first kappa shape index (κ1) is 23.5. The van der Waals surface area contributed by atoms with Crippen LogP contribution in [0.4, 0.5) is 0 Å². The molecule has 0 radical (unpaired) electrons. The molecule has 1 saturated heterocycles. The van der Waals surface area contributed by atoms with Gasteiger partial charge in [-0.25, -0.2) is 4.79 Å². The van der Waals surface area contributed by atoms with Gasteiger partial charge < -0.3 is 54.0 Å². The number of aliphatic carboxylic acids is 1. The largest absolute Gasteiger partial charge is 0.493 e. The molecule has 5 N–H and O–H groups in total. The van der Waals surface area contributed by atoms with Crippen LogP contribution in [-0.2, 0) is 9.53 Å². The predicted molar refractivity (Wildman–Crippen MR) is 114 cm³/mol. The number of benzene rings is 2.